The molecule has 35 heavy (non-hydrogen) atoms. The predicted octanol–water partition coefficient (Wildman–Crippen LogP) is 2.94. The monoisotopic (exact) mass is 501 g/mol. The third-order valence-electron chi connectivity index (χ3n) is 8.17. The van der Waals surface area contributed by atoms with Gasteiger partial charge in [-0.2, -0.15) is 11.8 Å². The second-order valence-corrected chi connectivity index (χ2v) is 11.2. The molecule has 7 nitrogen and oxygen atoms in total. The molecule has 3 aliphatic rings. The van der Waals surface area contributed by atoms with Gasteiger partial charge in [0, 0.05) is 12.1 Å². The van der Waals surface area contributed by atoms with Gasteiger partial charge in [0.05, 0.1) is 11.4 Å². The molecule has 0 saturated carbocycles. The molecule has 0 unspecified atom stereocenters. The van der Waals surface area contributed by atoms with Gasteiger partial charge in [-0.3, -0.25) is 14.4 Å². The smallest absolute Gasteiger partial charge is 0.251 e. The number of nitrogens with zero attached hydrogens (tertiary/aromatic N) is 2. The van der Waals surface area contributed by atoms with Crippen LogP contribution in [0.1, 0.15) is 61.9 Å². The number of rotatable bonds is 8. The van der Waals surface area contributed by atoms with Crippen molar-refractivity contribution in [2.45, 2.75) is 69.4 Å². The van der Waals surface area contributed by atoms with E-state index in [-0.39, 0.29) is 41.5 Å². The molecule has 0 radical (unpaired) electrons. The molecule has 2 amide bonds. The van der Waals surface area contributed by atoms with Crippen molar-refractivity contribution in [2.24, 2.45) is 5.92 Å². The highest BCUT2D eigenvalue weighted by molar-refractivity contribution is 7.99. The standard InChI is InChI=1S/C27H39N3O4S/c1-5-17(3)23(27(33)30-15-22(35-4)25-24(30)21(31)16-34-25)28-26(32)20-9-7-18(8-10-20)19-11-13-29(6-2)14-12-19/h7-10,17,19,22-25H,5-6,11-16H2,1-4H3,(H,28,32)/t17-,22-,23-,24+,25+/m0/s1. The number of Topliss-reactive ketones (excluding diaryl/α,β-unsaturated/α-hetero) is 1. The van der Waals surface area contributed by atoms with Crippen molar-refractivity contribution in [3.05, 3.63) is 35.4 Å². The number of hydrogen-bond donors (Lipinski definition) is 1. The number of fused-ring (bicyclic) bond motifs is 1. The molecule has 3 saturated heterocycles. The van der Waals surface area contributed by atoms with Gasteiger partial charge in [0.1, 0.15) is 18.7 Å². The van der Waals surface area contributed by atoms with Gasteiger partial charge in [-0.1, -0.05) is 39.3 Å². The van der Waals surface area contributed by atoms with E-state index in [0.29, 0.717) is 18.0 Å². The van der Waals surface area contributed by atoms with Gasteiger partial charge in [0.15, 0.2) is 5.78 Å². The molecular formula is C27H39N3O4S. The van der Waals surface area contributed by atoms with Gasteiger partial charge < -0.3 is 19.9 Å². The summed E-state index contributed by atoms with van der Waals surface area (Å²) < 4.78 is 5.71. The van der Waals surface area contributed by atoms with Crippen molar-refractivity contribution in [3.8, 4) is 0 Å². The van der Waals surface area contributed by atoms with Gasteiger partial charge in [-0.15, -0.1) is 0 Å². The maximum Gasteiger partial charge on any atom is 0.251 e. The van der Waals surface area contributed by atoms with Crippen LogP contribution in [-0.2, 0) is 14.3 Å². The Morgan fingerprint density at radius 1 is 1.17 bits per heavy atom. The maximum atomic E-state index is 13.7. The highest BCUT2D eigenvalue weighted by atomic mass is 32.2. The number of benzene rings is 1. The normalized spacial score (nSPS) is 27.0. The highest BCUT2D eigenvalue weighted by Gasteiger charge is 2.53. The molecule has 0 aliphatic carbocycles. The second kappa shape index (κ2) is 11.4. The number of thioether (sulfide) groups is 1. The number of nitrogens with one attached hydrogen (secondary N) is 1. The zero-order valence-electron chi connectivity index (χ0n) is 21.4. The van der Waals surface area contributed by atoms with Gasteiger partial charge >= 0.3 is 0 Å². The zero-order chi connectivity index (χ0) is 25.1. The zero-order valence-corrected chi connectivity index (χ0v) is 22.2. The van der Waals surface area contributed by atoms with Gasteiger partial charge in [-0.05, 0) is 68.3 Å². The first-order valence-electron chi connectivity index (χ1n) is 13.0. The molecule has 5 atom stereocenters. The summed E-state index contributed by atoms with van der Waals surface area (Å²) in [6.07, 6.45) is 4.74. The van der Waals surface area contributed by atoms with Crippen molar-refractivity contribution in [3.63, 3.8) is 0 Å². The molecule has 1 aromatic carbocycles. The van der Waals surface area contributed by atoms with Crippen LogP contribution >= 0.6 is 11.8 Å². The van der Waals surface area contributed by atoms with Crippen molar-refractivity contribution < 1.29 is 19.1 Å². The number of ketones is 1. The minimum absolute atomic E-state index is 0.0468. The Hall–Kier alpha value is -1.90. The van der Waals surface area contributed by atoms with E-state index in [1.165, 1.54) is 5.56 Å². The third-order valence-corrected chi connectivity index (χ3v) is 9.19. The minimum atomic E-state index is -0.680. The Kier molecular flexibility index (Phi) is 8.55. The van der Waals surface area contributed by atoms with E-state index in [9.17, 15) is 14.4 Å². The van der Waals surface area contributed by atoms with E-state index < -0.39 is 12.1 Å². The Morgan fingerprint density at radius 2 is 1.86 bits per heavy atom. The summed E-state index contributed by atoms with van der Waals surface area (Å²) in [4.78, 5) is 43.5. The summed E-state index contributed by atoms with van der Waals surface area (Å²) in [5.74, 6) is -0.00394. The van der Waals surface area contributed by atoms with E-state index >= 15 is 0 Å². The molecule has 1 N–H and O–H groups in total. The lowest BCUT2D eigenvalue weighted by Crippen LogP contribution is -2.54. The summed E-state index contributed by atoms with van der Waals surface area (Å²) in [5, 5.41) is 3.07. The van der Waals surface area contributed by atoms with Crippen LogP contribution in [-0.4, -0.2) is 89.9 Å². The van der Waals surface area contributed by atoms with Crippen LogP contribution in [0.3, 0.4) is 0 Å². The number of amides is 2. The highest BCUT2D eigenvalue weighted by Crippen LogP contribution is 2.34. The average molecular weight is 502 g/mol. The Labute approximate surface area is 213 Å². The van der Waals surface area contributed by atoms with Crippen molar-refractivity contribution in [1.29, 1.82) is 0 Å². The molecule has 0 spiro atoms. The Balaban J connectivity index is 1.44. The third kappa shape index (κ3) is 5.44. The molecule has 192 valence electrons. The molecule has 0 bridgehead atoms. The summed E-state index contributed by atoms with van der Waals surface area (Å²) in [5.41, 5.74) is 1.83. The van der Waals surface area contributed by atoms with E-state index in [1.54, 1.807) is 16.7 Å². The maximum absolute atomic E-state index is 13.7. The molecule has 3 fully saturated rings. The van der Waals surface area contributed by atoms with Crippen LogP contribution in [0, 0.1) is 5.92 Å². The Bertz CT molecular complexity index is 916. The number of carbonyl (C=O) groups is 3. The van der Waals surface area contributed by atoms with Crippen LogP contribution in [0.2, 0.25) is 0 Å². The largest absolute Gasteiger partial charge is 0.367 e. The fourth-order valence-corrected chi connectivity index (χ4v) is 6.43. The number of carbonyl (C=O) groups excluding carboxylic acids is 3. The minimum Gasteiger partial charge on any atom is -0.367 e. The summed E-state index contributed by atoms with van der Waals surface area (Å²) >= 11 is 1.62. The van der Waals surface area contributed by atoms with E-state index in [0.717, 1.165) is 38.9 Å². The number of likely N-dealkylation sites (tertiary alicyclic amines) is 2. The number of ether oxygens (including phenoxy) is 1. The quantitative estimate of drug-likeness (QED) is 0.590. The topological polar surface area (TPSA) is 79.0 Å². The first-order chi connectivity index (χ1) is 16.9. The van der Waals surface area contributed by atoms with E-state index in [1.807, 2.05) is 32.2 Å². The lowest BCUT2D eigenvalue weighted by atomic mass is 9.89. The van der Waals surface area contributed by atoms with E-state index in [4.69, 9.17) is 4.74 Å². The fourth-order valence-electron chi connectivity index (χ4n) is 5.62. The lowest BCUT2D eigenvalue weighted by molar-refractivity contribution is -0.139. The van der Waals surface area contributed by atoms with Crippen molar-refractivity contribution in [1.82, 2.24) is 15.1 Å². The van der Waals surface area contributed by atoms with Crippen molar-refractivity contribution >= 4 is 29.4 Å². The van der Waals surface area contributed by atoms with Crippen LogP contribution < -0.4 is 5.32 Å². The number of hydrogen-bond acceptors (Lipinski definition) is 6. The average Bonchev–Trinajstić information content (AvgIpc) is 3.46. The first-order valence-corrected chi connectivity index (χ1v) is 14.3. The molecule has 3 aliphatic heterocycles. The molecule has 3 heterocycles. The first kappa shape index (κ1) is 26.2. The van der Waals surface area contributed by atoms with Gasteiger partial charge in [0.2, 0.25) is 5.91 Å². The van der Waals surface area contributed by atoms with E-state index in [2.05, 4.69) is 29.3 Å². The molecule has 4 rings (SSSR count). The summed E-state index contributed by atoms with van der Waals surface area (Å²) in [6.45, 7) is 10.0. The van der Waals surface area contributed by atoms with Crippen LogP contribution in [0.15, 0.2) is 24.3 Å². The molecule has 0 aromatic heterocycles. The number of piperidine rings is 1. The van der Waals surface area contributed by atoms with Gasteiger partial charge in [-0.25, -0.2) is 0 Å². The molecule has 1 aromatic rings. The SMILES string of the molecule is CC[C@H](C)[C@H](NC(=O)c1ccc(C2CCN(CC)CC2)cc1)C(=O)N1C[C@H](SC)[C@H]2OCC(=O)[C@H]21. The fraction of sp³-hybridized carbons (Fsp3) is 0.667. The van der Waals surface area contributed by atoms with Crippen LogP contribution in [0.25, 0.3) is 0 Å². The predicted molar refractivity (Wildman–Crippen MR) is 139 cm³/mol. The van der Waals surface area contributed by atoms with Crippen LogP contribution in [0.5, 0.6) is 0 Å². The summed E-state index contributed by atoms with van der Waals surface area (Å²) in [7, 11) is 0. The lowest BCUT2D eigenvalue weighted by Gasteiger charge is -2.31. The molecular weight excluding hydrogens is 462 g/mol. The molecule has 8 heteroatoms. The van der Waals surface area contributed by atoms with Crippen LogP contribution in [0.4, 0.5) is 0 Å². The Morgan fingerprint density at radius 3 is 2.46 bits per heavy atom. The summed E-state index contributed by atoms with van der Waals surface area (Å²) in [6, 6.07) is 6.65. The second-order valence-electron chi connectivity index (χ2n) is 10.1. The van der Waals surface area contributed by atoms with Gasteiger partial charge in [0.25, 0.3) is 5.91 Å². The van der Waals surface area contributed by atoms with Crippen molar-refractivity contribution in [2.75, 3.05) is 39.0 Å².